The number of carbonyl (C=O) groups excluding carboxylic acids is 1. The van der Waals surface area contributed by atoms with Crippen molar-refractivity contribution in [3.8, 4) is 22.6 Å². The first kappa shape index (κ1) is 26.2. The molecule has 4 rings (SSSR count). The molecular formula is C27H28FN3O5S. The van der Waals surface area contributed by atoms with E-state index in [1.807, 2.05) is 0 Å². The number of benzene rings is 2. The van der Waals surface area contributed by atoms with Gasteiger partial charge < -0.3 is 19.6 Å². The maximum atomic E-state index is 13.9. The van der Waals surface area contributed by atoms with Crippen LogP contribution in [0.2, 0.25) is 0 Å². The van der Waals surface area contributed by atoms with Gasteiger partial charge >= 0.3 is 0 Å². The lowest BCUT2D eigenvalue weighted by atomic mass is 10.0. The molecule has 0 saturated heterocycles. The van der Waals surface area contributed by atoms with Crippen molar-refractivity contribution in [1.29, 1.82) is 0 Å². The molecule has 0 saturated carbocycles. The Kier molecular flexibility index (Phi) is 6.96. The Morgan fingerprint density at radius 1 is 1.08 bits per heavy atom. The second-order valence-corrected chi connectivity index (χ2v) is 11.1. The van der Waals surface area contributed by atoms with Gasteiger partial charge in [-0.25, -0.2) is 12.8 Å². The second-order valence-electron chi connectivity index (χ2n) is 8.82. The van der Waals surface area contributed by atoms with Gasteiger partial charge in [-0.05, 0) is 68.3 Å². The number of pyridine rings is 1. The van der Waals surface area contributed by atoms with Crippen LogP contribution in [0, 0.1) is 19.7 Å². The summed E-state index contributed by atoms with van der Waals surface area (Å²) in [5.74, 6) is -0.114. The Balaban J connectivity index is 2.02. The van der Waals surface area contributed by atoms with Gasteiger partial charge in [0.2, 0.25) is 0 Å². The predicted molar refractivity (Wildman–Crippen MR) is 141 cm³/mol. The SMILES string of the molecule is CCNC(=O)c1cc2c(-c3cc(S(=O)(=O)CC)ccc3Oc3c(C)cc(F)cc3C)cn(C)c(=O)c2[nH]1. The van der Waals surface area contributed by atoms with E-state index in [4.69, 9.17) is 4.74 Å². The summed E-state index contributed by atoms with van der Waals surface area (Å²) in [6.45, 7) is 7.18. The van der Waals surface area contributed by atoms with Crippen LogP contribution in [-0.4, -0.2) is 36.2 Å². The van der Waals surface area contributed by atoms with Gasteiger partial charge in [0.25, 0.3) is 11.5 Å². The van der Waals surface area contributed by atoms with Crippen LogP contribution in [0.4, 0.5) is 4.39 Å². The molecule has 0 aliphatic rings. The molecule has 0 spiro atoms. The standard InChI is InChI=1S/C27H28FN3O5S/c1-6-29-26(32)22-13-20-21(14-31(5)27(33)24(20)30-22)19-12-18(37(34,35)7-2)8-9-23(19)36-25-15(3)10-17(28)11-16(25)4/h8-14,30H,6-7H2,1-5H3,(H,29,32). The van der Waals surface area contributed by atoms with Crippen molar-refractivity contribution in [2.24, 2.45) is 7.05 Å². The molecule has 0 unspecified atom stereocenters. The molecule has 0 fully saturated rings. The van der Waals surface area contributed by atoms with Gasteiger partial charge in [0.1, 0.15) is 28.5 Å². The number of aromatic nitrogens is 2. The highest BCUT2D eigenvalue weighted by Crippen LogP contribution is 2.40. The zero-order chi connectivity index (χ0) is 27.1. The molecule has 2 aromatic carbocycles. The molecule has 0 radical (unpaired) electrons. The number of halogens is 1. The Hall–Kier alpha value is -3.92. The van der Waals surface area contributed by atoms with Crippen molar-refractivity contribution in [2.45, 2.75) is 32.6 Å². The summed E-state index contributed by atoms with van der Waals surface area (Å²) in [4.78, 5) is 28.4. The van der Waals surface area contributed by atoms with Gasteiger partial charge in [0.05, 0.1) is 10.6 Å². The summed E-state index contributed by atoms with van der Waals surface area (Å²) in [6.07, 6.45) is 1.58. The van der Waals surface area contributed by atoms with Crippen molar-refractivity contribution >= 4 is 26.6 Å². The first-order valence-corrected chi connectivity index (χ1v) is 13.4. The summed E-state index contributed by atoms with van der Waals surface area (Å²) in [5, 5.41) is 3.14. The number of ether oxygens (including phenoxy) is 1. The zero-order valence-corrected chi connectivity index (χ0v) is 22.0. The van der Waals surface area contributed by atoms with Crippen molar-refractivity contribution < 1.29 is 22.3 Å². The van der Waals surface area contributed by atoms with E-state index in [0.717, 1.165) is 0 Å². The van der Waals surface area contributed by atoms with E-state index in [1.165, 1.54) is 28.8 Å². The molecule has 4 aromatic rings. The van der Waals surface area contributed by atoms with Crippen molar-refractivity contribution in [3.63, 3.8) is 0 Å². The molecule has 1 amide bonds. The molecule has 0 aliphatic carbocycles. The van der Waals surface area contributed by atoms with Crippen LogP contribution >= 0.6 is 0 Å². The highest BCUT2D eigenvalue weighted by Gasteiger charge is 2.22. The highest BCUT2D eigenvalue weighted by atomic mass is 32.2. The molecule has 0 aliphatic heterocycles. The lowest BCUT2D eigenvalue weighted by Gasteiger charge is -2.17. The zero-order valence-electron chi connectivity index (χ0n) is 21.2. The van der Waals surface area contributed by atoms with Crippen molar-refractivity contribution in [1.82, 2.24) is 14.9 Å². The number of aryl methyl sites for hydroxylation is 3. The minimum atomic E-state index is -3.57. The topological polar surface area (TPSA) is 110 Å². The largest absolute Gasteiger partial charge is 0.456 e. The van der Waals surface area contributed by atoms with Gasteiger partial charge in [-0.3, -0.25) is 9.59 Å². The molecule has 194 valence electrons. The van der Waals surface area contributed by atoms with E-state index in [9.17, 15) is 22.4 Å². The summed E-state index contributed by atoms with van der Waals surface area (Å²) in [6, 6.07) is 8.79. The molecule has 2 N–H and O–H groups in total. The molecule has 0 bridgehead atoms. The summed E-state index contributed by atoms with van der Waals surface area (Å²) in [5.41, 5.74) is 2.08. The molecule has 2 heterocycles. The van der Waals surface area contributed by atoms with Gasteiger partial charge in [-0.1, -0.05) is 6.92 Å². The van der Waals surface area contributed by atoms with Crippen LogP contribution in [0.3, 0.4) is 0 Å². The normalized spacial score (nSPS) is 11.6. The molecule has 8 nitrogen and oxygen atoms in total. The van der Waals surface area contributed by atoms with E-state index in [0.29, 0.717) is 45.7 Å². The number of hydrogen-bond acceptors (Lipinski definition) is 5. The fraction of sp³-hybridized carbons (Fsp3) is 0.259. The van der Waals surface area contributed by atoms with Crippen LogP contribution in [0.5, 0.6) is 11.5 Å². The number of H-pyrrole nitrogens is 1. The quantitative estimate of drug-likeness (QED) is 0.366. The summed E-state index contributed by atoms with van der Waals surface area (Å²) >= 11 is 0. The van der Waals surface area contributed by atoms with E-state index in [1.54, 1.807) is 53.1 Å². The van der Waals surface area contributed by atoms with Gasteiger partial charge in [0.15, 0.2) is 9.84 Å². The van der Waals surface area contributed by atoms with Crippen LogP contribution < -0.4 is 15.6 Å². The summed E-state index contributed by atoms with van der Waals surface area (Å²) in [7, 11) is -2.00. The second kappa shape index (κ2) is 9.85. The number of nitrogens with one attached hydrogen (secondary N) is 2. The van der Waals surface area contributed by atoms with Crippen LogP contribution in [0.25, 0.3) is 22.0 Å². The maximum Gasteiger partial charge on any atom is 0.274 e. The third-order valence-corrected chi connectivity index (χ3v) is 7.90. The van der Waals surface area contributed by atoms with Gasteiger partial charge in [-0.2, -0.15) is 0 Å². The fourth-order valence-electron chi connectivity index (χ4n) is 4.26. The Bertz CT molecular complexity index is 1680. The van der Waals surface area contributed by atoms with Crippen molar-refractivity contribution in [3.05, 3.63) is 75.6 Å². The number of aromatic amines is 1. The van der Waals surface area contributed by atoms with Crippen LogP contribution in [0.1, 0.15) is 35.5 Å². The lowest BCUT2D eigenvalue weighted by molar-refractivity contribution is 0.0951. The Morgan fingerprint density at radius 3 is 2.38 bits per heavy atom. The lowest BCUT2D eigenvalue weighted by Crippen LogP contribution is -2.23. The molecular weight excluding hydrogens is 497 g/mol. The van der Waals surface area contributed by atoms with Crippen LogP contribution in [0.15, 0.2) is 52.3 Å². The Labute approximate surface area is 214 Å². The predicted octanol–water partition coefficient (Wildman–Crippen LogP) is 4.63. The third kappa shape index (κ3) is 4.89. The molecule has 0 atom stereocenters. The molecule has 10 heteroatoms. The van der Waals surface area contributed by atoms with Gasteiger partial charge in [0, 0.05) is 36.3 Å². The number of fused-ring (bicyclic) bond motifs is 1. The first-order chi connectivity index (χ1) is 17.5. The maximum absolute atomic E-state index is 13.9. The van der Waals surface area contributed by atoms with Crippen LogP contribution in [-0.2, 0) is 16.9 Å². The smallest absolute Gasteiger partial charge is 0.274 e. The van der Waals surface area contributed by atoms with E-state index >= 15 is 0 Å². The number of amides is 1. The van der Waals surface area contributed by atoms with Crippen molar-refractivity contribution in [2.75, 3.05) is 12.3 Å². The summed E-state index contributed by atoms with van der Waals surface area (Å²) < 4.78 is 47.0. The average molecular weight is 526 g/mol. The molecule has 2 aromatic heterocycles. The minimum Gasteiger partial charge on any atom is -0.456 e. The van der Waals surface area contributed by atoms with Gasteiger partial charge in [-0.15, -0.1) is 0 Å². The average Bonchev–Trinajstić information content (AvgIpc) is 3.30. The number of nitrogens with zero attached hydrogens (tertiary/aromatic N) is 1. The Morgan fingerprint density at radius 2 is 1.76 bits per heavy atom. The minimum absolute atomic E-state index is 0.0892. The number of carbonyl (C=O) groups is 1. The number of rotatable bonds is 7. The third-order valence-electron chi connectivity index (χ3n) is 6.16. The number of sulfone groups is 1. The van der Waals surface area contributed by atoms with E-state index in [2.05, 4.69) is 10.3 Å². The van der Waals surface area contributed by atoms with E-state index < -0.39 is 15.7 Å². The monoisotopic (exact) mass is 525 g/mol. The first-order valence-electron chi connectivity index (χ1n) is 11.8. The fourth-order valence-corrected chi connectivity index (χ4v) is 5.17. The molecule has 37 heavy (non-hydrogen) atoms. The highest BCUT2D eigenvalue weighted by molar-refractivity contribution is 7.91. The number of hydrogen-bond donors (Lipinski definition) is 2. The van der Waals surface area contributed by atoms with E-state index in [-0.39, 0.29) is 33.3 Å².